The summed E-state index contributed by atoms with van der Waals surface area (Å²) in [4.78, 5) is 25.3. The number of methoxy groups -OCH3 is 1. The van der Waals surface area contributed by atoms with Crippen molar-refractivity contribution in [3.8, 4) is 0 Å². The Hall–Kier alpha value is -2.12. The fourth-order valence-electron chi connectivity index (χ4n) is 2.76. The highest BCUT2D eigenvalue weighted by Crippen LogP contribution is 2.24. The Balaban J connectivity index is 1.95. The summed E-state index contributed by atoms with van der Waals surface area (Å²) in [7, 11) is 1.32. The number of benzene rings is 1. The van der Waals surface area contributed by atoms with Crippen molar-refractivity contribution in [3.05, 3.63) is 35.4 Å². The van der Waals surface area contributed by atoms with E-state index in [1.54, 1.807) is 24.3 Å². The second-order valence-electron chi connectivity index (χ2n) is 7.12. The minimum absolute atomic E-state index is 0.0895. The molecule has 0 spiro atoms. The van der Waals surface area contributed by atoms with Gasteiger partial charge in [-0.2, -0.15) is 0 Å². The second-order valence-corrected chi connectivity index (χ2v) is 7.12. The van der Waals surface area contributed by atoms with E-state index in [1.807, 2.05) is 25.7 Å². The van der Waals surface area contributed by atoms with Gasteiger partial charge in [0.2, 0.25) is 0 Å². The maximum Gasteiger partial charge on any atom is 0.407 e. The molecule has 7 nitrogen and oxygen atoms in total. The average molecular weight is 350 g/mol. The van der Waals surface area contributed by atoms with Crippen molar-refractivity contribution in [2.24, 2.45) is 0 Å². The number of aliphatic hydroxyl groups excluding tert-OH is 1. The Kier molecular flexibility index (Phi) is 6.02. The van der Waals surface area contributed by atoms with Crippen molar-refractivity contribution in [2.45, 2.75) is 45.1 Å². The van der Waals surface area contributed by atoms with Gasteiger partial charge < -0.3 is 19.9 Å². The average Bonchev–Trinajstić information content (AvgIpc) is 3.00. The number of esters is 1. The molecule has 25 heavy (non-hydrogen) atoms. The van der Waals surface area contributed by atoms with Gasteiger partial charge in [-0.15, -0.1) is 0 Å². The van der Waals surface area contributed by atoms with Crippen molar-refractivity contribution < 1.29 is 24.2 Å². The van der Waals surface area contributed by atoms with Gasteiger partial charge in [-0.05, 0) is 44.9 Å². The van der Waals surface area contributed by atoms with E-state index in [9.17, 15) is 14.7 Å². The number of nitrogens with one attached hydrogen (secondary N) is 1. The number of hydrogen-bond donors (Lipinski definition) is 2. The largest absolute Gasteiger partial charge is 0.465 e. The van der Waals surface area contributed by atoms with Crippen LogP contribution in [0.2, 0.25) is 0 Å². The van der Waals surface area contributed by atoms with Crippen LogP contribution in [0.5, 0.6) is 0 Å². The molecule has 1 aromatic rings. The lowest BCUT2D eigenvalue weighted by Gasteiger charge is -2.24. The summed E-state index contributed by atoms with van der Waals surface area (Å²) in [6.07, 6.45) is -0.593. The highest BCUT2D eigenvalue weighted by Gasteiger charge is 2.30. The fourth-order valence-corrected chi connectivity index (χ4v) is 2.76. The molecule has 2 rings (SSSR count). The number of aliphatic hydroxyl groups is 1. The van der Waals surface area contributed by atoms with Crippen LogP contribution >= 0.6 is 0 Å². The predicted octanol–water partition coefficient (Wildman–Crippen LogP) is 2.06. The molecule has 138 valence electrons. The number of likely N-dealkylation sites (tertiary alicyclic amines) is 1. The highest BCUT2D eigenvalue weighted by atomic mass is 16.6. The lowest BCUT2D eigenvalue weighted by molar-refractivity contribution is 0.0161. The molecule has 2 atom stereocenters. The first-order valence-corrected chi connectivity index (χ1v) is 8.29. The Morgan fingerprint density at radius 3 is 2.72 bits per heavy atom. The van der Waals surface area contributed by atoms with Crippen LogP contribution in [0, 0.1) is 0 Å². The van der Waals surface area contributed by atoms with E-state index in [4.69, 9.17) is 9.47 Å². The molecule has 7 heteroatoms. The molecule has 0 radical (unpaired) electrons. The number of carbonyl (C=O) groups is 2. The van der Waals surface area contributed by atoms with Crippen LogP contribution in [-0.2, 0) is 9.47 Å². The summed E-state index contributed by atoms with van der Waals surface area (Å²) in [5, 5.41) is 13.4. The first-order chi connectivity index (χ1) is 11.7. The zero-order valence-corrected chi connectivity index (χ0v) is 15.1. The van der Waals surface area contributed by atoms with Crippen LogP contribution in [-0.4, -0.2) is 53.9 Å². The minimum atomic E-state index is -0.852. The third-order valence-corrected chi connectivity index (χ3v) is 3.89. The number of rotatable bonds is 4. The lowest BCUT2D eigenvalue weighted by atomic mass is 10.1. The molecule has 0 saturated carbocycles. The second kappa shape index (κ2) is 7.84. The van der Waals surface area contributed by atoms with E-state index >= 15 is 0 Å². The van der Waals surface area contributed by atoms with Crippen molar-refractivity contribution >= 4 is 12.1 Å². The third kappa shape index (κ3) is 5.44. The number of carbonyl (C=O) groups excluding carboxylic acids is 2. The Morgan fingerprint density at radius 1 is 1.36 bits per heavy atom. The molecule has 1 aromatic carbocycles. The van der Waals surface area contributed by atoms with Crippen LogP contribution in [0.1, 0.15) is 49.3 Å². The van der Waals surface area contributed by atoms with E-state index in [1.165, 1.54) is 7.11 Å². The van der Waals surface area contributed by atoms with Crippen LogP contribution < -0.4 is 5.32 Å². The first-order valence-electron chi connectivity index (χ1n) is 8.29. The highest BCUT2D eigenvalue weighted by molar-refractivity contribution is 5.89. The van der Waals surface area contributed by atoms with Gasteiger partial charge in [0, 0.05) is 19.1 Å². The number of nitrogens with zero attached hydrogens (tertiary/aromatic N) is 1. The Bertz CT molecular complexity index is 626. The quantitative estimate of drug-likeness (QED) is 0.808. The summed E-state index contributed by atoms with van der Waals surface area (Å²) in [6, 6.07) is 6.63. The van der Waals surface area contributed by atoms with Gasteiger partial charge in [0.05, 0.1) is 12.7 Å². The molecule has 1 aliphatic rings. The topological polar surface area (TPSA) is 88.1 Å². The molecule has 2 N–H and O–H groups in total. The molecular formula is C18H26N2O5. The van der Waals surface area contributed by atoms with Crippen molar-refractivity contribution in [1.29, 1.82) is 0 Å². The lowest BCUT2D eigenvalue weighted by Crippen LogP contribution is -2.41. The van der Waals surface area contributed by atoms with E-state index in [0.717, 1.165) is 0 Å². The standard InChI is InChI=1S/C18H26N2O5/c1-18(2,3)25-17(23)19-14-8-9-20(11-14)15(21)12-6-5-7-13(10-12)16(22)24-4/h5-7,10,14-15,21H,8-9,11H2,1-4H3,(H,19,23). The number of amides is 1. The third-order valence-electron chi connectivity index (χ3n) is 3.89. The SMILES string of the molecule is COC(=O)c1cccc(C(O)N2CCC(NC(=O)OC(C)(C)C)C2)c1. The van der Waals surface area contributed by atoms with Crippen LogP contribution in [0.25, 0.3) is 0 Å². The number of alkyl carbamates (subject to hydrolysis) is 1. The van der Waals surface area contributed by atoms with Crippen LogP contribution in [0.15, 0.2) is 24.3 Å². The molecular weight excluding hydrogens is 324 g/mol. The van der Waals surface area contributed by atoms with E-state index in [2.05, 4.69) is 5.32 Å². The van der Waals surface area contributed by atoms with Crippen LogP contribution in [0.4, 0.5) is 4.79 Å². The van der Waals surface area contributed by atoms with Gasteiger partial charge in [-0.25, -0.2) is 9.59 Å². The first kappa shape index (κ1) is 19.2. The van der Waals surface area contributed by atoms with E-state index in [-0.39, 0.29) is 6.04 Å². The zero-order chi connectivity index (χ0) is 18.6. The summed E-state index contributed by atoms with van der Waals surface area (Å²) < 4.78 is 9.95. The summed E-state index contributed by atoms with van der Waals surface area (Å²) in [6.45, 7) is 6.57. The van der Waals surface area contributed by atoms with Crippen molar-refractivity contribution in [2.75, 3.05) is 20.2 Å². The predicted molar refractivity (Wildman–Crippen MR) is 92.1 cm³/mol. The van der Waals surface area contributed by atoms with Gasteiger partial charge in [0.1, 0.15) is 11.8 Å². The summed E-state index contributed by atoms with van der Waals surface area (Å²) in [5.74, 6) is -0.444. The summed E-state index contributed by atoms with van der Waals surface area (Å²) in [5.41, 5.74) is 0.457. The fraction of sp³-hybridized carbons (Fsp3) is 0.556. The molecule has 1 heterocycles. The van der Waals surface area contributed by atoms with E-state index in [0.29, 0.717) is 30.6 Å². The van der Waals surface area contributed by atoms with Crippen LogP contribution in [0.3, 0.4) is 0 Å². The minimum Gasteiger partial charge on any atom is -0.465 e. The number of hydrogen-bond acceptors (Lipinski definition) is 6. The maximum atomic E-state index is 11.8. The molecule has 2 unspecified atom stereocenters. The molecule has 1 aliphatic heterocycles. The zero-order valence-electron chi connectivity index (χ0n) is 15.1. The Morgan fingerprint density at radius 2 is 2.08 bits per heavy atom. The van der Waals surface area contributed by atoms with Crippen molar-refractivity contribution in [1.82, 2.24) is 10.2 Å². The molecule has 0 aliphatic carbocycles. The van der Waals surface area contributed by atoms with Gasteiger partial charge in [0.15, 0.2) is 0 Å². The van der Waals surface area contributed by atoms with Gasteiger partial charge in [-0.1, -0.05) is 12.1 Å². The molecule has 0 aromatic heterocycles. The molecule has 1 saturated heterocycles. The molecule has 1 fully saturated rings. The van der Waals surface area contributed by atoms with E-state index < -0.39 is 23.9 Å². The molecule has 1 amide bonds. The number of ether oxygens (including phenoxy) is 2. The summed E-state index contributed by atoms with van der Waals surface area (Å²) >= 11 is 0. The smallest absolute Gasteiger partial charge is 0.407 e. The monoisotopic (exact) mass is 350 g/mol. The van der Waals surface area contributed by atoms with Gasteiger partial charge >= 0.3 is 12.1 Å². The van der Waals surface area contributed by atoms with Crippen molar-refractivity contribution in [3.63, 3.8) is 0 Å². The molecule has 0 bridgehead atoms. The van der Waals surface area contributed by atoms with Gasteiger partial charge in [-0.3, -0.25) is 4.90 Å². The normalized spacial score (nSPS) is 19.3. The van der Waals surface area contributed by atoms with Gasteiger partial charge in [0.25, 0.3) is 0 Å². The maximum absolute atomic E-state index is 11.8. The Labute approximate surface area is 147 Å².